The van der Waals surface area contributed by atoms with Gasteiger partial charge < -0.3 is 5.32 Å². The summed E-state index contributed by atoms with van der Waals surface area (Å²) in [6, 6.07) is 9.96. The second-order valence-electron chi connectivity index (χ2n) is 2.64. The van der Waals surface area contributed by atoms with Crippen LogP contribution < -0.4 is 15.0 Å². The molecule has 1 saturated heterocycles. The van der Waals surface area contributed by atoms with Crippen LogP contribution in [0.1, 0.15) is 0 Å². The molecule has 1 fully saturated rings. The number of nitrogens with one attached hydrogen (secondary N) is 2. The number of urea groups is 1. The molecule has 1 aromatic carbocycles. The zero-order chi connectivity index (χ0) is 10.4. The van der Waals surface area contributed by atoms with E-state index in [0.717, 1.165) is 0 Å². The van der Waals surface area contributed by atoms with Crippen LogP contribution in [0, 0.1) is 0 Å². The van der Waals surface area contributed by atoms with Crippen LogP contribution in [0.2, 0.25) is 0 Å². The molecule has 2 rings (SSSR count). The molecule has 0 saturated carbocycles. The second-order valence-corrected chi connectivity index (χ2v) is 4.04. The summed E-state index contributed by atoms with van der Waals surface area (Å²) in [5.41, 5.74) is 0. The maximum atomic E-state index is 10.1. The van der Waals surface area contributed by atoms with Crippen LogP contribution in [0.25, 0.3) is 0 Å². The number of hydrogen-bond donors (Lipinski definition) is 2. The Bertz CT molecular complexity index is 313. The van der Waals surface area contributed by atoms with Gasteiger partial charge in [0.2, 0.25) is 5.91 Å². The number of carbonyl (C=O) groups excluding carboxylic acids is 2. The topological polar surface area (TPSA) is 58.2 Å². The van der Waals surface area contributed by atoms with Crippen molar-refractivity contribution in [3.63, 3.8) is 0 Å². The van der Waals surface area contributed by atoms with Crippen LogP contribution in [0.5, 0.6) is 0 Å². The Kier molecular flexibility index (Phi) is 4.20. The predicted octanol–water partition coefficient (Wildman–Crippen LogP) is -1.23. The minimum absolute atomic E-state index is 0.124. The van der Waals surface area contributed by atoms with Crippen molar-refractivity contribution >= 4 is 33.1 Å². The van der Waals surface area contributed by atoms with Crippen LogP contribution in [0.15, 0.2) is 30.3 Å². The molecule has 5 heteroatoms. The SMILES string of the molecule is O=C1CNC(=O)N1.[AsH2]c1ccccc1. The molecule has 1 heterocycles. The Hall–Kier alpha value is -1.28. The molecule has 1 aromatic rings. The molecular weight excluding hydrogens is 243 g/mol. The van der Waals surface area contributed by atoms with E-state index in [4.69, 9.17) is 0 Å². The van der Waals surface area contributed by atoms with Gasteiger partial charge in [-0.25, -0.2) is 4.79 Å². The minimum atomic E-state index is -0.398. The van der Waals surface area contributed by atoms with Crippen LogP contribution in [0.4, 0.5) is 4.79 Å². The fourth-order valence-corrected chi connectivity index (χ4v) is 1.29. The first-order chi connectivity index (χ1) is 6.68. The molecular formula is C9H11AsN2O2. The van der Waals surface area contributed by atoms with E-state index in [9.17, 15) is 9.59 Å². The molecule has 14 heavy (non-hydrogen) atoms. The fourth-order valence-electron chi connectivity index (χ4n) is 0.829. The van der Waals surface area contributed by atoms with Crippen molar-refractivity contribution in [3.05, 3.63) is 30.3 Å². The first-order valence-corrected chi connectivity index (χ1v) is 5.28. The Morgan fingerprint density at radius 1 is 1.14 bits per heavy atom. The molecule has 0 spiro atoms. The van der Waals surface area contributed by atoms with Gasteiger partial charge in [-0.3, -0.25) is 10.1 Å². The number of carbonyl (C=O) groups is 2. The number of amides is 3. The van der Waals surface area contributed by atoms with Gasteiger partial charge in [-0.15, -0.1) is 0 Å². The molecule has 0 radical (unpaired) electrons. The molecule has 3 amide bonds. The third-order valence-electron chi connectivity index (χ3n) is 1.46. The van der Waals surface area contributed by atoms with Gasteiger partial charge in [0.15, 0.2) is 0 Å². The van der Waals surface area contributed by atoms with E-state index in [1.807, 2.05) is 11.4 Å². The first kappa shape index (κ1) is 10.8. The van der Waals surface area contributed by atoms with Crippen molar-refractivity contribution in [2.24, 2.45) is 0 Å². The molecule has 0 bridgehead atoms. The van der Waals surface area contributed by atoms with E-state index in [1.165, 1.54) is 4.35 Å². The summed E-state index contributed by atoms with van der Waals surface area (Å²) in [5, 5.41) is 4.30. The van der Waals surface area contributed by atoms with Gasteiger partial charge in [-0.1, -0.05) is 0 Å². The molecule has 1 unspecified atom stereocenters. The summed E-state index contributed by atoms with van der Waals surface area (Å²) in [6.07, 6.45) is 0. The predicted molar refractivity (Wildman–Crippen MR) is 56.2 cm³/mol. The summed E-state index contributed by atoms with van der Waals surface area (Å²) in [6.45, 7) is 0.124. The van der Waals surface area contributed by atoms with Crippen LogP contribution in [0.3, 0.4) is 0 Å². The van der Waals surface area contributed by atoms with Crippen molar-refractivity contribution in [1.29, 1.82) is 0 Å². The number of benzene rings is 1. The van der Waals surface area contributed by atoms with Gasteiger partial charge >= 0.3 is 57.6 Å². The van der Waals surface area contributed by atoms with Gasteiger partial charge in [-0.2, -0.15) is 0 Å². The molecule has 2 N–H and O–H groups in total. The van der Waals surface area contributed by atoms with E-state index in [0.29, 0.717) is 0 Å². The van der Waals surface area contributed by atoms with Crippen molar-refractivity contribution in [3.8, 4) is 0 Å². The molecule has 0 aromatic heterocycles. The quantitative estimate of drug-likeness (QED) is 0.450. The summed E-state index contributed by atoms with van der Waals surface area (Å²) >= 11 is 1.67. The van der Waals surface area contributed by atoms with Crippen LogP contribution in [-0.2, 0) is 4.79 Å². The van der Waals surface area contributed by atoms with Gasteiger partial charge in [0.05, 0.1) is 6.54 Å². The maximum absolute atomic E-state index is 10.1. The van der Waals surface area contributed by atoms with E-state index in [1.54, 1.807) is 16.9 Å². The summed E-state index contributed by atoms with van der Waals surface area (Å²) in [5.74, 6) is -0.259. The third-order valence-corrected chi connectivity index (χ3v) is 2.27. The number of imide groups is 1. The Morgan fingerprint density at radius 3 is 2.00 bits per heavy atom. The molecule has 0 aliphatic carbocycles. The summed E-state index contributed by atoms with van der Waals surface area (Å²) in [4.78, 5) is 20.1. The third kappa shape index (κ3) is 4.10. The first-order valence-electron chi connectivity index (χ1n) is 4.06. The standard InChI is InChI=1S/C6H7As.C3H4N2O2/c7-6-4-2-1-3-5-6;6-2-1-4-3(7)5-2/h1-5H,7H2;1H2,(H2,4,5,6,7). The van der Waals surface area contributed by atoms with Crippen molar-refractivity contribution in [1.82, 2.24) is 10.6 Å². The van der Waals surface area contributed by atoms with E-state index >= 15 is 0 Å². The monoisotopic (exact) mass is 254 g/mol. The van der Waals surface area contributed by atoms with Gasteiger partial charge in [-0.05, 0) is 0 Å². The molecule has 1 aliphatic rings. The zero-order valence-electron chi connectivity index (χ0n) is 7.49. The average molecular weight is 254 g/mol. The van der Waals surface area contributed by atoms with Crippen LogP contribution in [-0.4, -0.2) is 35.3 Å². The van der Waals surface area contributed by atoms with Crippen molar-refractivity contribution in [2.45, 2.75) is 0 Å². The Morgan fingerprint density at radius 2 is 1.79 bits per heavy atom. The molecule has 1 atom stereocenters. The van der Waals surface area contributed by atoms with E-state index < -0.39 is 6.03 Å². The van der Waals surface area contributed by atoms with Gasteiger partial charge in [0, 0.05) is 0 Å². The van der Waals surface area contributed by atoms with Crippen LogP contribution >= 0.6 is 0 Å². The van der Waals surface area contributed by atoms with E-state index in [2.05, 4.69) is 29.6 Å². The second kappa shape index (κ2) is 5.45. The molecule has 74 valence electrons. The average Bonchev–Trinajstić information content (AvgIpc) is 2.52. The van der Waals surface area contributed by atoms with Crippen molar-refractivity contribution in [2.75, 3.05) is 6.54 Å². The Balaban J connectivity index is 0.000000140. The Labute approximate surface area is 90.6 Å². The number of hydrogen-bond acceptors (Lipinski definition) is 2. The summed E-state index contributed by atoms with van der Waals surface area (Å²) in [7, 11) is 0. The van der Waals surface area contributed by atoms with E-state index in [-0.39, 0.29) is 12.5 Å². The molecule has 1 aliphatic heterocycles. The zero-order valence-corrected chi connectivity index (χ0v) is 9.91. The normalized spacial score (nSPS) is 13.8. The number of rotatable bonds is 0. The van der Waals surface area contributed by atoms with Gasteiger partial charge in [0.1, 0.15) is 0 Å². The molecule has 4 nitrogen and oxygen atoms in total. The van der Waals surface area contributed by atoms with Crippen molar-refractivity contribution < 1.29 is 9.59 Å². The fraction of sp³-hybridized carbons (Fsp3) is 0.111. The summed E-state index contributed by atoms with van der Waals surface area (Å²) < 4.78 is 1.38. The van der Waals surface area contributed by atoms with Gasteiger partial charge in [0.25, 0.3) is 0 Å².